The quantitative estimate of drug-likeness (QED) is 0.465. The lowest BCUT2D eigenvalue weighted by molar-refractivity contribution is 0.0967. The van der Waals surface area contributed by atoms with Gasteiger partial charge in [0, 0.05) is 19.8 Å². The van der Waals surface area contributed by atoms with Gasteiger partial charge in [-0.25, -0.2) is 0 Å². The van der Waals surface area contributed by atoms with Gasteiger partial charge in [0.15, 0.2) is 5.82 Å². The number of anilines is 3. The SMILES string of the molecule is CNC(=O)c1ccc(-c2cc(-c3nc(N)nc(N(C)c4ccccc4)n3)n[nH]2)s1. The molecule has 10 heteroatoms. The third kappa shape index (κ3) is 3.78. The minimum atomic E-state index is -0.125. The molecule has 146 valence electrons. The lowest BCUT2D eigenvalue weighted by Crippen LogP contribution is -2.15. The highest BCUT2D eigenvalue weighted by molar-refractivity contribution is 7.17. The number of carbonyl (C=O) groups excluding carboxylic acids is 1. The predicted molar refractivity (Wildman–Crippen MR) is 113 cm³/mol. The fourth-order valence-corrected chi connectivity index (χ4v) is 3.62. The molecule has 3 heterocycles. The van der Waals surface area contributed by atoms with E-state index in [-0.39, 0.29) is 11.9 Å². The van der Waals surface area contributed by atoms with Gasteiger partial charge in [-0.2, -0.15) is 20.1 Å². The molecule has 0 atom stereocenters. The van der Waals surface area contributed by atoms with Crippen LogP contribution in [0.4, 0.5) is 17.6 Å². The number of hydrogen-bond donors (Lipinski definition) is 3. The second kappa shape index (κ2) is 7.68. The predicted octanol–water partition coefficient (Wildman–Crippen LogP) is 2.70. The first-order valence-electron chi connectivity index (χ1n) is 8.73. The molecule has 0 aliphatic heterocycles. The zero-order chi connectivity index (χ0) is 20.4. The molecule has 29 heavy (non-hydrogen) atoms. The van der Waals surface area contributed by atoms with Crippen LogP contribution in [0.5, 0.6) is 0 Å². The molecule has 4 rings (SSSR count). The van der Waals surface area contributed by atoms with E-state index in [1.807, 2.05) is 54.4 Å². The van der Waals surface area contributed by atoms with Gasteiger partial charge in [0.2, 0.25) is 11.9 Å². The molecule has 0 bridgehead atoms. The van der Waals surface area contributed by atoms with E-state index in [0.717, 1.165) is 16.3 Å². The van der Waals surface area contributed by atoms with E-state index in [9.17, 15) is 4.79 Å². The zero-order valence-corrected chi connectivity index (χ0v) is 16.6. The summed E-state index contributed by atoms with van der Waals surface area (Å²) in [5, 5.41) is 9.88. The molecule has 0 fully saturated rings. The molecule has 3 aromatic heterocycles. The van der Waals surface area contributed by atoms with E-state index >= 15 is 0 Å². The van der Waals surface area contributed by atoms with Gasteiger partial charge in [0.1, 0.15) is 5.69 Å². The van der Waals surface area contributed by atoms with Crippen LogP contribution in [0, 0.1) is 0 Å². The summed E-state index contributed by atoms with van der Waals surface area (Å²) in [5.41, 5.74) is 8.13. The maximum atomic E-state index is 11.8. The van der Waals surface area contributed by atoms with Crippen molar-refractivity contribution in [2.24, 2.45) is 0 Å². The number of thiophene rings is 1. The van der Waals surface area contributed by atoms with Crippen molar-refractivity contribution < 1.29 is 4.79 Å². The number of aromatic nitrogens is 5. The van der Waals surface area contributed by atoms with Crippen LogP contribution in [0.15, 0.2) is 48.5 Å². The van der Waals surface area contributed by atoms with E-state index in [1.165, 1.54) is 11.3 Å². The van der Waals surface area contributed by atoms with Crippen LogP contribution in [0.3, 0.4) is 0 Å². The van der Waals surface area contributed by atoms with Crippen LogP contribution < -0.4 is 16.0 Å². The number of nitrogens with two attached hydrogens (primary N) is 1. The Balaban J connectivity index is 1.65. The smallest absolute Gasteiger partial charge is 0.261 e. The lowest BCUT2D eigenvalue weighted by Gasteiger charge is -2.17. The second-order valence-electron chi connectivity index (χ2n) is 6.12. The molecule has 0 aliphatic rings. The number of H-pyrrole nitrogens is 1. The van der Waals surface area contributed by atoms with Crippen LogP contribution >= 0.6 is 11.3 Å². The topological polar surface area (TPSA) is 126 Å². The van der Waals surface area contributed by atoms with Crippen LogP contribution in [-0.4, -0.2) is 45.2 Å². The Hall–Kier alpha value is -3.79. The van der Waals surface area contributed by atoms with E-state index in [4.69, 9.17) is 5.73 Å². The molecular formula is C19H18N8OS. The fraction of sp³-hybridized carbons (Fsp3) is 0.105. The second-order valence-corrected chi connectivity index (χ2v) is 7.21. The van der Waals surface area contributed by atoms with Gasteiger partial charge in [0.25, 0.3) is 5.91 Å². The Kier molecular flexibility index (Phi) is 4.92. The van der Waals surface area contributed by atoms with Crippen molar-refractivity contribution >= 4 is 34.8 Å². The molecule has 9 nitrogen and oxygen atoms in total. The number of rotatable bonds is 5. The maximum absolute atomic E-state index is 11.8. The van der Waals surface area contributed by atoms with Gasteiger partial charge in [0.05, 0.1) is 15.4 Å². The van der Waals surface area contributed by atoms with Crippen LogP contribution in [0.1, 0.15) is 9.67 Å². The number of carbonyl (C=O) groups is 1. The van der Waals surface area contributed by atoms with Gasteiger partial charge < -0.3 is 16.0 Å². The van der Waals surface area contributed by atoms with Crippen LogP contribution in [0.2, 0.25) is 0 Å². The van der Waals surface area contributed by atoms with Crippen molar-refractivity contribution in [2.45, 2.75) is 0 Å². The minimum Gasteiger partial charge on any atom is -0.368 e. The largest absolute Gasteiger partial charge is 0.368 e. The number of para-hydroxylation sites is 1. The molecule has 1 amide bonds. The van der Waals surface area contributed by atoms with E-state index < -0.39 is 0 Å². The number of nitrogen functional groups attached to an aromatic ring is 1. The summed E-state index contributed by atoms with van der Waals surface area (Å²) < 4.78 is 0. The van der Waals surface area contributed by atoms with E-state index in [1.54, 1.807) is 13.1 Å². The van der Waals surface area contributed by atoms with Crippen molar-refractivity contribution in [3.8, 4) is 22.1 Å². The van der Waals surface area contributed by atoms with Crippen molar-refractivity contribution in [1.82, 2.24) is 30.5 Å². The van der Waals surface area contributed by atoms with Gasteiger partial charge >= 0.3 is 0 Å². The lowest BCUT2D eigenvalue weighted by atomic mass is 10.3. The highest BCUT2D eigenvalue weighted by atomic mass is 32.1. The normalized spacial score (nSPS) is 10.7. The highest BCUT2D eigenvalue weighted by Crippen LogP contribution is 2.29. The first-order chi connectivity index (χ1) is 14.0. The third-order valence-corrected chi connectivity index (χ3v) is 5.33. The molecule has 4 N–H and O–H groups in total. The summed E-state index contributed by atoms with van der Waals surface area (Å²) in [6.45, 7) is 0. The highest BCUT2D eigenvalue weighted by Gasteiger charge is 2.16. The first-order valence-corrected chi connectivity index (χ1v) is 9.55. The van der Waals surface area contributed by atoms with Gasteiger partial charge in [-0.05, 0) is 30.3 Å². The minimum absolute atomic E-state index is 0.107. The van der Waals surface area contributed by atoms with Gasteiger partial charge in [-0.15, -0.1) is 11.3 Å². The van der Waals surface area contributed by atoms with E-state index in [2.05, 4.69) is 30.5 Å². The summed E-state index contributed by atoms with van der Waals surface area (Å²) in [6, 6.07) is 15.2. The van der Waals surface area contributed by atoms with Crippen molar-refractivity contribution in [1.29, 1.82) is 0 Å². The Morgan fingerprint density at radius 2 is 1.93 bits per heavy atom. The number of nitrogens with one attached hydrogen (secondary N) is 2. The number of aromatic amines is 1. The summed E-state index contributed by atoms with van der Waals surface area (Å²) >= 11 is 1.37. The summed E-state index contributed by atoms with van der Waals surface area (Å²) in [6.07, 6.45) is 0. The Bertz CT molecular complexity index is 1150. The van der Waals surface area contributed by atoms with Gasteiger partial charge in [-0.3, -0.25) is 9.89 Å². The van der Waals surface area contributed by atoms with E-state index in [0.29, 0.717) is 22.3 Å². The molecule has 4 aromatic rings. The molecular weight excluding hydrogens is 388 g/mol. The van der Waals surface area contributed by atoms with Gasteiger partial charge in [-0.1, -0.05) is 18.2 Å². The molecule has 0 aliphatic carbocycles. The Labute approximate surface area is 170 Å². The van der Waals surface area contributed by atoms with Crippen LogP contribution in [-0.2, 0) is 0 Å². The van der Waals surface area contributed by atoms with Crippen LogP contribution in [0.25, 0.3) is 22.1 Å². The first kappa shape index (κ1) is 18.6. The average Bonchev–Trinajstić information content (AvgIpc) is 3.42. The summed E-state index contributed by atoms with van der Waals surface area (Å²) in [7, 11) is 3.46. The third-order valence-electron chi connectivity index (χ3n) is 4.21. The molecule has 0 radical (unpaired) electrons. The zero-order valence-electron chi connectivity index (χ0n) is 15.7. The van der Waals surface area contributed by atoms with Crippen molar-refractivity contribution in [3.63, 3.8) is 0 Å². The fourth-order valence-electron chi connectivity index (χ4n) is 2.70. The average molecular weight is 406 g/mol. The number of hydrogen-bond acceptors (Lipinski definition) is 8. The molecule has 0 unspecified atom stereocenters. The summed E-state index contributed by atoms with van der Waals surface area (Å²) in [4.78, 5) is 28.1. The number of benzene rings is 1. The monoisotopic (exact) mass is 406 g/mol. The maximum Gasteiger partial charge on any atom is 0.261 e. The number of nitrogens with zero attached hydrogens (tertiary/aromatic N) is 5. The van der Waals surface area contributed by atoms with Crippen molar-refractivity contribution in [3.05, 3.63) is 53.4 Å². The Morgan fingerprint density at radius 1 is 1.14 bits per heavy atom. The number of amides is 1. The molecule has 0 saturated carbocycles. The van der Waals surface area contributed by atoms with Crippen molar-refractivity contribution in [2.75, 3.05) is 24.7 Å². The standard InChI is InChI=1S/C19H18N8OS/c1-21-17(28)15-9-8-14(29-15)12-10-13(26-25-12)16-22-18(20)24-19(23-16)27(2)11-6-4-3-5-7-11/h3-10H,1-2H3,(H,21,28)(H,25,26)(H2,20,22,23,24). The Morgan fingerprint density at radius 3 is 2.69 bits per heavy atom. The molecule has 1 aromatic carbocycles. The molecule has 0 saturated heterocycles. The molecule has 0 spiro atoms. The summed E-state index contributed by atoms with van der Waals surface area (Å²) in [5.74, 6) is 0.761.